The van der Waals surface area contributed by atoms with Gasteiger partial charge in [0.15, 0.2) is 0 Å². The molecule has 0 atom stereocenters. The summed E-state index contributed by atoms with van der Waals surface area (Å²) >= 11 is 0. The summed E-state index contributed by atoms with van der Waals surface area (Å²) in [6.45, 7) is 4.01. The largest absolute Gasteiger partial charge is 0.381 e. The van der Waals surface area contributed by atoms with E-state index in [1.807, 2.05) is 0 Å². The Balaban J connectivity index is 1.82. The maximum Gasteiger partial charge on any atom is 0.255 e. The van der Waals surface area contributed by atoms with Gasteiger partial charge in [-0.25, -0.2) is 4.39 Å². The van der Waals surface area contributed by atoms with Crippen molar-refractivity contribution in [3.63, 3.8) is 0 Å². The van der Waals surface area contributed by atoms with E-state index in [4.69, 9.17) is 4.74 Å². The van der Waals surface area contributed by atoms with Crippen molar-refractivity contribution in [2.24, 2.45) is 0 Å². The van der Waals surface area contributed by atoms with Gasteiger partial charge in [0.1, 0.15) is 5.82 Å². The number of carbonyl (C=O) groups excluding carboxylic acids is 2. The third kappa shape index (κ3) is 7.19. The number of hydrogen-bond acceptors (Lipinski definition) is 3. The van der Waals surface area contributed by atoms with Crippen LogP contribution in [-0.2, 0) is 4.74 Å². The van der Waals surface area contributed by atoms with Gasteiger partial charge < -0.3 is 15.4 Å². The molecular formula is C21H25FN2O3. The van der Waals surface area contributed by atoms with E-state index in [-0.39, 0.29) is 11.8 Å². The minimum absolute atomic E-state index is 0.207. The topological polar surface area (TPSA) is 67.4 Å². The van der Waals surface area contributed by atoms with Gasteiger partial charge in [0.2, 0.25) is 0 Å². The SMILES string of the molecule is CCCCOCCCNC(=O)c1cccc(NC(=O)c2ccc(F)cc2)c1. The Morgan fingerprint density at radius 3 is 2.44 bits per heavy atom. The molecule has 2 amide bonds. The maximum atomic E-state index is 12.9. The van der Waals surface area contributed by atoms with Crippen LogP contribution in [0.4, 0.5) is 10.1 Å². The summed E-state index contributed by atoms with van der Waals surface area (Å²) in [4.78, 5) is 24.4. The minimum atomic E-state index is -0.402. The van der Waals surface area contributed by atoms with Gasteiger partial charge in [-0.05, 0) is 55.3 Å². The van der Waals surface area contributed by atoms with Crippen molar-refractivity contribution in [2.45, 2.75) is 26.2 Å². The van der Waals surface area contributed by atoms with Crippen molar-refractivity contribution in [3.05, 3.63) is 65.5 Å². The zero-order valence-electron chi connectivity index (χ0n) is 15.5. The Hall–Kier alpha value is -2.73. The molecule has 6 heteroatoms. The van der Waals surface area contributed by atoms with Crippen molar-refractivity contribution >= 4 is 17.5 Å². The van der Waals surface area contributed by atoms with Gasteiger partial charge >= 0.3 is 0 Å². The van der Waals surface area contributed by atoms with Gasteiger partial charge in [-0.2, -0.15) is 0 Å². The highest BCUT2D eigenvalue weighted by Crippen LogP contribution is 2.13. The maximum absolute atomic E-state index is 12.9. The molecule has 27 heavy (non-hydrogen) atoms. The highest BCUT2D eigenvalue weighted by molar-refractivity contribution is 6.05. The molecule has 0 aromatic heterocycles. The van der Waals surface area contributed by atoms with Crippen LogP contribution in [0, 0.1) is 5.82 Å². The number of carbonyl (C=O) groups is 2. The monoisotopic (exact) mass is 372 g/mol. The van der Waals surface area contributed by atoms with E-state index in [2.05, 4.69) is 17.6 Å². The second-order valence-corrected chi connectivity index (χ2v) is 6.12. The molecule has 0 radical (unpaired) electrons. The lowest BCUT2D eigenvalue weighted by molar-refractivity contribution is 0.0939. The van der Waals surface area contributed by atoms with Crippen molar-refractivity contribution < 1.29 is 18.7 Å². The lowest BCUT2D eigenvalue weighted by Crippen LogP contribution is -2.25. The molecule has 0 aliphatic heterocycles. The highest BCUT2D eigenvalue weighted by atomic mass is 19.1. The first-order valence-corrected chi connectivity index (χ1v) is 9.13. The summed E-state index contributed by atoms with van der Waals surface area (Å²) in [7, 11) is 0. The van der Waals surface area contributed by atoms with Crippen molar-refractivity contribution in [1.29, 1.82) is 0 Å². The lowest BCUT2D eigenvalue weighted by Gasteiger charge is -2.09. The molecule has 0 aliphatic carbocycles. The Kier molecular flexibility index (Phi) is 8.45. The van der Waals surface area contributed by atoms with Crippen LogP contribution >= 0.6 is 0 Å². The molecule has 0 unspecified atom stereocenters. The van der Waals surface area contributed by atoms with E-state index in [0.29, 0.717) is 30.0 Å². The summed E-state index contributed by atoms with van der Waals surface area (Å²) in [6, 6.07) is 11.9. The molecule has 5 nitrogen and oxygen atoms in total. The van der Waals surface area contributed by atoms with Crippen molar-refractivity contribution in [3.8, 4) is 0 Å². The molecule has 2 aromatic carbocycles. The molecule has 2 aromatic rings. The van der Waals surface area contributed by atoms with E-state index in [0.717, 1.165) is 25.9 Å². The van der Waals surface area contributed by atoms with Gasteiger partial charge in [0.05, 0.1) is 0 Å². The van der Waals surface area contributed by atoms with E-state index >= 15 is 0 Å². The van der Waals surface area contributed by atoms with Crippen LogP contribution in [0.3, 0.4) is 0 Å². The van der Waals surface area contributed by atoms with Gasteiger partial charge in [0.25, 0.3) is 11.8 Å². The molecule has 2 rings (SSSR count). The van der Waals surface area contributed by atoms with Crippen LogP contribution in [0.15, 0.2) is 48.5 Å². The number of anilines is 1. The summed E-state index contributed by atoms with van der Waals surface area (Å²) in [5, 5.41) is 5.54. The first kappa shape index (κ1) is 20.6. The molecule has 0 heterocycles. The number of rotatable bonds is 10. The molecule has 0 spiro atoms. The highest BCUT2D eigenvalue weighted by Gasteiger charge is 2.09. The molecule has 0 saturated carbocycles. The molecule has 0 bridgehead atoms. The number of hydrogen-bond donors (Lipinski definition) is 2. The van der Waals surface area contributed by atoms with Crippen LogP contribution < -0.4 is 10.6 Å². The summed E-state index contributed by atoms with van der Waals surface area (Å²) < 4.78 is 18.4. The summed E-state index contributed by atoms with van der Waals surface area (Å²) in [5.41, 5.74) is 1.30. The first-order chi connectivity index (χ1) is 13.1. The average molecular weight is 372 g/mol. The third-order valence-corrected chi connectivity index (χ3v) is 3.88. The smallest absolute Gasteiger partial charge is 0.255 e. The molecule has 0 aliphatic rings. The zero-order valence-corrected chi connectivity index (χ0v) is 15.5. The molecule has 0 fully saturated rings. The second kappa shape index (κ2) is 11.1. The quantitative estimate of drug-likeness (QED) is 0.619. The fourth-order valence-electron chi connectivity index (χ4n) is 2.37. The van der Waals surface area contributed by atoms with Crippen LogP contribution in [-0.4, -0.2) is 31.6 Å². The predicted molar refractivity (Wildman–Crippen MR) is 103 cm³/mol. The molecule has 2 N–H and O–H groups in total. The third-order valence-electron chi connectivity index (χ3n) is 3.88. The fraction of sp³-hybridized carbons (Fsp3) is 0.333. The van der Waals surface area contributed by atoms with Crippen LogP contribution in [0.1, 0.15) is 46.9 Å². The van der Waals surface area contributed by atoms with Crippen LogP contribution in [0.25, 0.3) is 0 Å². The van der Waals surface area contributed by atoms with E-state index < -0.39 is 5.82 Å². The van der Waals surface area contributed by atoms with E-state index in [1.165, 1.54) is 24.3 Å². The van der Waals surface area contributed by atoms with Gasteiger partial charge in [0, 0.05) is 36.6 Å². The zero-order chi connectivity index (χ0) is 19.5. The summed E-state index contributed by atoms with van der Waals surface area (Å²) in [6.07, 6.45) is 2.89. The summed E-state index contributed by atoms with van der Waals surface area (Å²) in [5.74, 6) is -0.973. The number of amides is 2. The fourth-order valence-corrected chi connectivity index (χ4v) is 2.37. The van der Waals surface area contributed by atoms with Crippen molar-refractivity contribution in [2.75, 3.05) is 25.1 Å². The number of ether oxygens (including phenoxy) is 1. The predicted octanol–water partition coefficient (Wildman–Crippen LogP) is 4.01. The van der Waals surface area contributed by atoms with Gasteiger partial charge in [-0.15, -0.1) is 0 Å². The van der Waals surface area contributed by atoms with Crippen molar-refractivity contribution in [1.82, 2.24) is 5.32 Å². The Bertz CT molecular complexity index is 747. The van der Waals surface area contributed by atoms with Gasteiger partial charge in [-0.1, -0.05) is 19.4 Å². The Morgan fingerprint density at radius 1 is 0.963 bits per heavy atom. The number of benzene rings is 2. The number of unbranched alkanes of at least 4 members (excludes halogenated alkanes) is 1. The molecule has 0 saturated heterocycles. The second-order valence-electron chi connectivity index (χ2n) is 6.12. The van der Waals surface area contributed by atoms with E-state index in [1.54, 1.807) is 24.3 Å². The van der Waals surface area contributed by atoms with Crippen LogP contribution in [0.2, 0.25) is 0 Å². The minimum Gasteiger partial charge on any atom is -0.381 e. The number of nitrogens with one attached hydrogen (secondary N) is 2. The Morgan fingerprint density at radius 2 is 1.70 bits per heavy atom. The molecular weight excluding hydrogens is 347 g/mol. The first-order valence-electron chi connectivity index (χ1n) is 9.13. The normalized spacial score (nSPS) is 10.4. The van der Waals surface area contributed by atoms with Gasteiger partial charge in [-0.3, -0.25) is 9.59 Å². The van der Waals surface area contributed by atoms with E-state index in [9.17, 15) is 14.0 Å². The average Bonchev–Trinajstić information content (AvgIpc) is 2.68. The van der Waals surface area contributed by atoms with Crippen LogP contribution in [0.5, 0.6) is 0 Å². The lowest BCUT2D eigenvalue weighted by atomic mass is 10.1. The number of halogens is 1. The standard InChI is InChI=1S/C21H25FN2O3/c1-2-3-13-27-14-5-12-23-20(25)17-6-4-7-19(15-17)24-21(26)16-8-10-18(22)11-9-16/h4,6-11,15H,2-3,5,12-14H2,1H3,(H,23,25)(H,24,26). The molecule has 144 valence electrons. The Labute approximate surface area is 158 Å².